The number of phosphoric acid groups is 3. The second kappa shape index (κ2) is 22.0. The minimum atomic E-state index is -5.57. The van der Waals surface area contributed by atoms with Gasteiger partial charge in [-0.2, -0.15) is 4.31 Å². The second-order valence-electron chi connectivity index (χ2n) is 13.1. The van der Waals surface area contributed by atoms with E-state index in [-0.39, 0.29) is 41.6 Å². The Labute approximate surface area is 338 Å². The standard InChI is InChI=1S/C28H47BrN7O17P3S/c1-28(2,23(40)26(41)32-10-8-18(37)31-11-12-57-19(38)7-5-3-4-6-9-29)14-50-56(47,48)53-55(45,46)49-13-17-22(52-54(42,43)44)21(39)27(51-17)36-16-35-20-24(30)33-15-34-25(20)36/h15-17,21-23,27,39-40H,3-14H2,1-2H3,(H,31,37)(H,32,41)(H,45,46)(H,47,48)(H2,30,33,34)(H2,42,43,44)/t17-,21-,22-,23+,27-/m1/s1. The largest absolute Gasteiger partial charge is 0.481 e. The van der Waals surface area contributed by atoms with Crippen molar-refractivity contribution >= 4 is 85.1 Å². The number of alkyl halides is 1. The van der Waals surface area contributed by atoms with E-state index in [4.69, 9.17) is 19.5 Å². The number of nitrogen functional groups attached to an aromatic ring is 1. The van der Waals surface area contributed by atoms with Crippen molar-refractivity contribution in [1.82, 2.24) is 30.2 Å². The van der Waals surface area contributed by atoms with Crippen LogP contribution in [0.2, 0.25) is 0 Å². The van der Waals surface area contributed by atoms with E-state index >= 15 is 0 Å². The summed E-state index contributed by atoms with van der Waals surface area (Å²) in [5.41, 5.74) is 4.27. The van der Waals surface area contributed by atoms with E-state index in [0.717, 1.165) is 60.0 Å². The van der Waals surface area contributed by atoms with Crippen molar-refractivity contribution in [2.75, 3.05) is 43.1 Å². The number of nitrogens with two attached hydrogens (primary N) is 1. The van der Waals surface area contributed by atoms with Crippen molar-refractivity contribution in [1.29, 1.82) is 0 Å². The zero-order valence-corrected chi connectivity index (χ0v) is 35.8. The van der Waals surface area contributed by atoms with Gasteiger partial charge in [0.05, 0.1) is 19.5 Å². The van der Waals surface area contributed by atoms with Gasteiger partial charge in [0.1, 0.15) is 36.3 Å². The van der Waals surface area contributed by atoms with Crippen LogP contribution in [0.1, 0.15) is 58.6 Å². The lowest BCUT2D eigenvalue weighted by Gasteiger charge is -2.30. The predicted octanol–water partition coefficient (Wildman–Crippen LogP) is 1.01. The molecular formula is C28H47BrN7O17P3S. The summed E-state index contributed by atoms with van der Waals surface area (Å²) in [5.74, 6) is -1.05. The van der Waals surface area contributed by atoms with Gasteiger partial charge in [0.15, 0.2) is 22.8 Å². The molecule has 324 valence electrons. The highest BCUT2D eigenvalue weighted by Crippen LogP contribution is 2.61. The van der Waals surface area contributed by atoms with Crippen LogP contribution in [0, 0.1) is 5.41 Å². The predicted molar refractivity (Wildman–Crippen MR) is 204 cm³/mol. The molecule has 2 unspecified atom stereocenters. The monoisotopic (exact) mass is 957 g/mol. The molecule has 29 heteroatoms. The summed E-state index contributed by atoms with van der Waals surface area (Å²) in [5, 5.41) is 27.4. The van der Waals surface area contributed by atoms with Crippen LogP contribution in [0.3, 0.4) is 0 Å². The molecule has 0 bridgehead atoms. The summed E-state index contributed by atoms with van der Waals surface area (Å²) in [6.45, 7) is 0.546. The number of carbonyl (C=O) groups is 3. The van der Waals surface area contributed by atoms with E-state index in [1.165, 1.54) is 13.8 Å². The Balaban J connectivity index is 1.45. The molecule has 2 aromatic rings. The molecular weight excluding hydrogens is 911 g/mol. The highest BCUT2D eigenvalue weighted by molar-refractivity contribution is 9.09. The number of nitrogens with one attached hydrogen (secondary N) is 2. The van der Waals surface area contributed by atoms with Crippen molar-refractivity contribution < 1.29 is 80.5 Å². The van der Waals surface area contributed by atoms with E-state index in [1.807, 2.05) is 0 Å². The number of hydrogen-bond acceptors (Lipinski definition) is 18. The highest BCUT2D eigenvalue weighted by atomic mass is 79.9. The number of phosphoric ester groups is 3. The highest BCUT2D eigenvalue weighted by Gasteiger charge is 2.50. The van der Waals surface area contributed by atoms with Crippen molar-refractivity contribution in [3.8, 4) is 0 Å². The van der Waals surface area contributed by atoms with Crippen LogP contribution in [0.15, 0.2) is 12.7 Å². The molecule has 1 saturated heterocycles. The first kappa shape index (κ1) is 49.4. The number of aromatic nitrogens is 4. The van der Waals surface area contributed by atoms with Crippen molar-refractivity contribution in [3.63, 3.8) is 0 Å². The normalized spacial score (nSPS) is 21.5. The zero-order valence-electron chi connectivity index (χ0n) is 30.7. The molecule has 0 aliphatic carbocycles. The number of carbonyl (C=O) groups excluding carboxylic acids is 3. The molecule has 0 radical (unpaired) electrons. The fourth-order valence-electron chi connectivity index (χ4n) is 5.08. The fourth-order valence-corrected chi connectivity index (χ4v) is 9.03. The maximum Gasteiger partial charge on any atom is 0.481 e. The number of hydrogen-bond donors (Lipinski definition) is 9. The Morgan fingerprint density at radius 1 is 1.02 bits per heavy atom. The van der Waals surface area contributed by atoms with Gasteiger partial charge in [0.2, 0.25) is 11.8 Å². The first-order chi connectivity index (χ1) is 26.6. The van der Waals surface area contributed by atoms with Gasteiger partial charge in [-0.25, -0.2) is 28.6 Å². The molecule has 1 fully saturated rings. The molecule has 0 saturated carbocycles. The number of aliphatic hydroxyl groups is 2. The van der Waals surface area contributed by atoms with Crippen molar-refractivity contribution in [2.24, 2.45) is 5.41 Å². The quantitative estimate of drug-likeness (QED) is 0.0381. The van der Waals surface area contributed by atoms with Gasteiger partial charge >= 0.3 is 23.5 Å². The summed E-state index contributed by atoms with van der Waals surface area (Å²) < 4.78 is 62.1. The average molecular weight is 959 g/mol. The van der Waals surface area contributed by atoms with Gasteiger partial charge in [-0.05, 0) is 12.8 Å². The molecule has 3 rings (SSSR count). The molecule has 7 atom stereocenters. The smallest absolute Gasteiger partial charge is 0.386 e. The summed E-state index contributed by atoms with van der Waals surface area (Å²) in [6.07, 6.45) is -2.55. The van der Waals surface area contributed by atoms with Crippen LogP contribution in [0.5, 0.6) is 0 Å². The lowest BCUT2D eigenvalue weighted by Crippen LogP contribution is -2.46. The van der Waals surface area contributed by atoms with E-state index in [1.54, 1.807) is 0 Å². The summed E-state index contributed by atoms with van der Waals surface area (Å²) in [6, 6.07) is 0. The summed E-state index contributed by atoms with van der Waals surface area (Å²) >= 11 is 4.48. The number of rotatable bonds is 25. The summed E-state index contributed by atoms with van der Waals surface area (Å²) in [7, 11) is -16.4. The van der Waals surface area contributed by atoms with Crippen LogP contribution in [-0.2, 0) is 50.7 Å². The molecule has 0 aromatic carbocycles. The Kier molecular flexibility index (Phi) is 19.1. The molecule has 3 heterocycles. The number of aliphatic hydroxyl groups excluding tert-OH is 2. The number of thioether (sulfide) groups is 1. The third kappa shape index (κ3) is 16.2. The second-order valence-corrected chi connectivity index (χ2v) is 19.3. The minimum Gasteiger partial charge on any atom is -0.386 e. The van der Waals surface area contributed by atoms with Crippen molar-refractivity contribution in [2.45, 2.75) is 83.0 Å². The molecule has 57 heavy (non-hydrogen) atoms. The number of ether oxygens (including phenoxy) is 1. The van der Waals surface area contributed by atoms with Gasteiger partial charge in [-0.1, -0.05) is 54.4 Å². The SMILES string of the molecule is CC(C)(COP(=O)(O)OP(=O)(O)OC[C@H]1O[C@@H](n2cnc3c(N)ncnc32)[C@H](O)[C@@H]1OP(=O)(O)O)[C@@H](O)C(=O)NCCC(=O)NCCSC(=O)CCCCCCBr. The van der Waals surface area contributed by atoms with Gasteiger partial charge in [-0.3, -0.25) is 32.5 Å². The van der Waals surface area contributed by atoms with Gasteiger partial charge in [0.25, 0.3) is 0 Å². The lowest BCUT2D eigenvalue weighted by atomic mass is 9.87. The average Bonchev–Trinajstić information content (AvgIpc) is 3.68. The third-order valence-corrected chi connectivity index (χ3v) is 12.6. The first-order valence-corrected chi connectivity index (χ1v) is 23.8. The van der Waals surface area contributed by atoms with Gasteiger partial charge in [-0.15, -0.1) is 0 Å². The van der Waals surface area contributed by atoms with Crippen LogP contribution in [-0.4, -0.2) is 128 Å². The number of halogens is 1. The third-order valence-electron chi connectivity index (χ3n) is 8.03. The number of anilines is 1. The van der Waals surface area contributed by atoms with E-state index in [9.17, 15) is 57.9 Å². The fraction of sp³-hybridized carbons (Fsp3) is 0.714. The molecule has 1 aliphatic rings. The van der Waals surface area contributed by atoms with E-state index in [0.29, 0.717) is 12.2 Å². The van der Waals surface area contributed by atoms with Crippen LogP contribution in [0.25, 0.3) is 11.2 Å². The maximum absolute atomic E-state index is 12.7. The zero-order chi connectivity index (χ0) is 42.6. The number of unbranched alkanes of at least 4 members (excludes halogenated alkanes) is 3. The number of imidazole rings is 1. The Hall–Kier alpha value is -1.96. The molecule has 10 N–H and O–H groups in total. The molecule has 24 nitrogen and oxygen atoms in total. The Morgan fingerprint density at radius 2 is 1.70 bits per heavy atom. The topological polar surface area (TPSA) is 364 Å². The van der Waals surface area contributed by atoms with Crippen LogP contribution in [0.4, 0.5) is 5.82 Å². The molecule has 0 spiro atoms. The molecule has 2 amide bonds. The van der Waals surface area contributed by atoms with E-state index in [2.05, 4.69) is 50.3 Å². The first-order valence-electron chi connectivity index (χ1n) is 17.2. The maximum atomic E-state index is 12.7. The Bertz CT molecular complexity index is 1820. The number of nitrogens with zero attached hydrogens (tertiary/aromatic N) is 4. The van der Waals surface area contributed by atoms with Gasteiger partial charge < -0.3 is 50.9 Å². The summed E-state index contributed by atoms with van der Waals surface area (Å²) in [4.78, 5) is 87.6. The lowest BCUT2D eigenvalue weighted by molar-refractivity contribution is -0.137. The Morgan fingerprint density at radius 3 is 2.39 bits per heavy atom. The van der Waals surface area contributed by atoms with Crippen LogP contribution < -0.4 is 16.4 Å². The minimum absolute atomic E-state index is 0.0317. The molecule has 1 aliphatic heterocycles. The van der Waals surface area contributed by atoms with Crippen LogP contribution >= 0.6 is 51.2 Å². The van der Waals surface area contributed by atoms with Crippen molar-refractivity contribution in [3.05, 3.63) is 12.7 Å². The molecule has 2 aromatic heterocycles. The number of amides is 2. The number of fused-ring (bicyclic) bond motifs is 1. The van der Waals surface area contributed by atoms with Gasteiger partial charge in [0, 0.05) is 42.4 Å². The van der Waals surface area contributed by atoms with E-state index < -0.39 is 84.6 Å².